The quantitative estimate of drug-likeness (QED) is 0.774. The van der Waals surface area contributed by atoms with Crippen LogP contribution in [0.1, 0.15) is 21.5 Å². The number of benzene rings is 2. The zero-order valence-corrected chi connectivity index (χ0v) is 16.8. The molecule has 0 bridgehead atoms. The SMILES string of the molecule is Cc1ccc(N2C(=NC(=O)c3ccccc3)S[C@H]3CS(=O)(=O)C[C@@H]32)cc1C. The van der Waals surface area contributed by atoms with E-state index in [0.29, 0.717) is 10.7 Å². The molecule has 4 rings (SSSR count). The number of nitrogens with zero attached hydrogens (tertiary/aromatic N) is 2. The number of aliphatic imine (C=N–C) groups is 1. The number of carbonyl (C=O) groups is 1. The maximum Gasteiger partial charge on any atom is 0.279 e. The summed E-state index contributed by atoms with van der Waals surface area (Å²) in [5.41, 5.74) is 3.70. The third kappa shape index (κ3) is 3.53. The number of anilines is 1. The minimum atomic E-state index is -3.07. The Morgan fingerprint density at radius 2 is 1.81 bits per heavy atom. The van der Waals surface area contributed by atoms with Gasteiger partial charge in [-0.3, -0.25) is 4.79 Å². The van der Waals surface area contributed by atoms with Gasteiger partial charge in [-0.05, 0) is 49.2 Å². The molecule has 2 atom stereocenters. The Labute approximate surface area is 163 Å². The van der Waals surface area contributed by atoms with Gasteiger partial charge in [-0.15, -0.1) is 0 Å². The summed E-state index contributed by atoms with van der Waals surface area (Å²) in [4.78, 5) is 18.9. The van der Waals surface area contributed by atoms with E-state index in [9.17, 15) is 13.2 Å². The van der Waals surface area contributed by atoms with Crippen molar-refractivity contribution < 1.29 is 13.2 Å². The van der Waals surface area contributed by atoms with Crippen LogP contribution < -0.4 is 4.90 Å². The van der Waals surface area contributed by atoms with Crippen molar-refractivity contribution in [2.45, 2.75) is 25.1 Å². The number of fused-ring (bicyclic) bond motifs is 1. The summed E-state index contributed by atoms with van der Waals surface area (Å²) in [5, 5.41) is 0.482. The number of amidine groups is 1. The average Bonchev–Trinajstić information content (AvgIpc) is 3.09. The molecule has 2 aromatic rings. The first-order valence-corrected chi connectivity index (χ1v) is 11.5. The lowest BCUT2D eigenvalue weighted by atomic mass is 10.1. The molecule has 2 aromatic carbocycles. The molecule has 27 heavy (non-hydrogen) atoms. The Balaban J connectivity index is 1.75. The van der Waals surface area contributed by atoms with Crippen LogP contribution in [-0.4, -0.2) is 42.3 Å². The summed E-state index contributed by atoms with van der Waals surface area (Å²) in [7, 11) is -3.07. The second kappa shape index (κ2) is 6.80. The fourth-order valence-corrected chi connectivity index (χ4v) is 7.39. The summed E-state index contributed by atoms with van der Waals surface area (Å²) in [6.45, 7) is 4.06. The molecule has 2 heterocycles. The van der Waals surface area contributed by atoms with Gasteiger partial charge in [0.25, 0.3) is 5.91 Å². The van der Waals surface area contributed by atoms with Crippen LogP contribution in [0.15, 0.2) is 53.5 Å². The smallest absolute Gasteiger partial charge is 0.279 e. The first-order valence-electron chi connectivity index (χ1n) is 8.76. The Morgan fingerprint density at radius 3 is 2.52 bits per heavy atom. The van der Waals surface area contributed by atoms with E-state index in [4.69, 9.17) is 0 Å². The molecule has 0 aromatic heterocycles. The molecule has 7 heteroatoms. The van der Waals surface area contributed by atoms with Crippen molar-refractivity contribution in [2.75, 3.05) is 16.4 Å². The molecule has 0 spiro atoms. The van der Waals surface area contributed by atoms with Gasteiger partial charge >= 0.3 is 0 Å². The standard InChI is InChI=1S/C20H20N2O3S2/c1-13-8-9-16(10-14(13)2)22-17-11-27(24,25)12-18(17)26-20(22)21-19(23)15-6-4-3-5-7-15/h3-10,17-18H,11-12H2,1-2H3/t17-,18-/m0/s1. The monoisotopic (exact) mass is 400 g/mol. The minimum Gasteiger partial charge on any atom is -0.316 e. The van der Waals surface area contributed by atoms with Crippen LogP contribution in [-0.2, 0) is 9.84 Å². The van der Waals surface area contributed by atoms with Gasteiger partial charge in [0.2, 0.25) is 0 Å². The van der Waals surface area contributed by atoms with Gasteiger partial charge < -0.3 is 4.90 Å². The van der Waals surface area contributed by atoms with Crippen molar-refractivity contribution in [3.8, 4) is 0 Å². The molecule has 1 amide bonds. The molecule has 0 unspecified atom stereocenters. The highest BCUT2D eigenvalue weighted by Crippen LogP contribution is 2.41. The fourth-order valence-electron chi connectivity index (χ4n) is 3.47. The van der Waals surface area contributed by atoms with E-state index in [-0.39, 0.29) is 28.7 Å². The largest absolute Gasteiger partial charge is 0.316 e. The van der Waals surface area contributed by atoms with Gasteiger partial charge in [0.1, 0.15) is 0 Å². The lowest BCUT2D eigenvalue weighted by Gasteiger charge is -2.25. The van der Waals surface area contributed by atoms with Crippen LogP contribution in [0.2, 0.25) is 0 Å². The lowest BCUT2D eigenvalue weighted by molar-refractivity contribution is 0.100. The molecule has 2 saturated heterocycles. The fraction of sp³-hybridized carbons (Fsp3) is 0.300. The van der Waals surface area contributed by atoms with Crippen LogP contribution in [0.3, 0.4) is 0 Å². The van der Waals surface area contributed by atoms with E-state index in [2.05, 4.69) is 4.99 Å². The molecular formula is C20H20N2O3S2. The van der Waals surface area contributed by atoms with Gasteiger partial charge in [-0.1, -0.05) is 36.0 Å². The topological polar surface area (TPSA) is 66.8 Å². The Kier molecular flexibility index (Phi) is 4.60. The lowest BCUT2D eigenvalue weighted by Crippen LogP contribution is -2.37. The van der Waals surface area contributed by atoms with Gasteiger partial charge in [0.15, 0.2) is 15.0 Å². The predicted molar refractivity (Wildman–Crippen MR) is 110 cm³/mol. The summed E-state index contributed by atoms with van der Waals surface area (Å²) < 4.78 is 24.3. The summed E-state index contributed by atoms with van der Waals surface area (Å²) in [6, 6.07) is 14.8. The first kappa shape index (κ1) is 18.3. The molecule has 0 N–H and O–H groups in total. The number of thioether (sulfide) groups is 1. The Bertz CT molecular complexity index is 1030. The molecule has 0 saturated carbocycles. The molecule has 5 nitrogen and oxygen atoms in total. The number of hydrogen-bond acceptors (Lipinski definition) is 4. The average molecular weight is 401 g/mol. The maximum absolute atomic E-state index is 12.6. The minimum absolute atomic E-state index is 0.0934. The third-order valence-corrected chi connectivity index (χ3v) is 8.26. The number of rotatable bonds is 2. The zero-order valence-electron chi connectivity index (χ0n) is 15.1. The molecule has 2 aliphatic rings. The van der Waals surface area contributed by atoms with Crippen molar-refractivity contribution >= 4 is 38.4 Å². The number of hydrogen-bond donors (Lipinski definition) is 0. The Morgan fingerprint density at radius 1 is 1.07 bits per heavy atom. The van der Waals surface area contributed by atoms with Crippen LogP contribution in [0.25, 0.3) is 0 Å². The second-order valence-electron chi connectivity index (χ2n) is 7.00. The summed E-state index contributed by atoms with van der Waals surface area (Å²) in [5.74, 6) is -0.0898. The van der Waals surface area contributed by atoms with E-state index >= 15 is 0 Å². The van der Waals surface area contributed by atoms with E-state index < -0.39 is 9.84 Å². The molecule has 140 valence electrons. The van der Waals surface area contributed by atoms with Crippen LogP contribution in [0, 0.1) is 13.8 Å². The zero-order chi connectivity index (χ0) is 19.2. The molecular weight excluding hydrogens is 380 g/mol. The predicted octanol–water partition coefficient (Wildman–Crippen LogP) is 3.22. The van der Waals surface area contributed by atoms with Crippen LogP contribution in [0.5, 0.6) is 0 Å². The van der Waals surface area contributed by atoms with Crippen molar-refractivity contribution in [1.29, 1.82) is 0 Å². The van der Waals surface area contributed by atoms with Crippen molar-refractivity contribution in [1.82, 2.24) is 0 Å². The molecule has 0 aliphatic carbocycles. The number of carbonyl (C=O) groups excluding carboxylic acids is 1. The van der Waals surface area contributed by atoms with E-state index in [0.717, 1.165) is 11.3 Å². The Hall–Kier alpha value is -2.12. The van der Waals surface area contributed by atoms with Crippen molar-refractivity contribution in [2.24, 2.45) is 4.99 Å². The van der Waals surface area contributed by atoms with E-state index in [1.54, 1.807) is 24.3 Å². The van der Waals surface area contributed by atoms with Crippen LogP contribution >= 0.6 is 11.8 Å². The second-order valence-corrected chi connectivity index (χ2v) is 10.4. The molecule has 2 fully saturated rings. The van der Waals surface area contributed by atoms with Crippen molar-refractivity contribution in [3.05, 3.63) is 65.2 Å². The van der Waals surface area contributed by atoms with Crippen LogP contribution in [0.4, 0.5) is 5.69 Å². The van der Waals surface area contributed by atoms with Crippen molar-refractivity contribution in [3.63, 3.8) is 0 Å². The van der Waals surface area contributed by atoms with Gasteiger partial charge in [-0.2, -0.15) is 4.99 Å². The van der Waals surface area contributed by atoms with E-state index in [1.807, 2.05) is 43.0 Å². The highest BCUT2D eigenvalue weighted by molar-refractivity contribution is 8.16. The highest BCUT2D eigenvalue weighted by Gasteiger charge is 2.49. The number of aryl methyl sites for hydroxylation is 2. The number of amides is 1. The molecule has 0 radical (unpaired) electrons. The normalized spacial score (nSPS) is 25.0. The van der Waals surface area contributed by atoms with Gasteiger partial charge in [-0.25, -0.2) is 8.42 Å². The van der Waals surface area contributed by atoms with E-state index in [1.165, 1.54) is 17.3 Å². The third-order valence-electron chi connectivity index (χ3n) is 5.05. The van der Waals surface area contributed by atoms with Gasteiger partial charge in [0.05, 0.1) is 17.5 Å². The maximum atomic E-state index is 12.6. The first-order chi connectivity index (χ1) is 12.8. The number of sulfone groups is 1. The highest BCUT2D eigenvalue weighted by atomic mass is 32.2. The summed E-state index contributed by atoms with van der Waals surface area (Å²) in [6.07, 6.45) is 0. The summed E-state index contributed by atoms with van der Waals surface area (Å²) >= 11 is 1.40. The van der Waals surface area contributed by atoms with Gasteiger partial charge in [0, 0.05) is 16.5 Å². The molecule has 2 aliphatic heterocycles.